The van der Waals surface area contributed by atoms with E-state index >= 15 is 0 Å². The molecule has 1 heterocycles. The van der Waals surface area contributed by atoms with Crippen LogP contribution in [0, 0.1) is 0 Å². The lowest BCUT2D eigenvalue weighted by molar-refractivity contribution is 0.101. The Morgan fingerprint density at radius 3 is 2.33 bits per heavy atom. The number of fused-ring (bicyclic) bond motifs is 1. The third kappa shape index (κ3) is 4.37. The van der Waals surface area contributed by atoms with Gasteiger partial charge in [0.25, 0.3) is 0 Å². The Balaban J connectivity index is 1.31. The minimum absolute atomic E-state index is 0.131. The molecule has 4 aromatic carbocycles. The number of para-hydroxylation sites is 1. The van der Waals surface area contributed by atoms with Gasteiger partial charge in [-0.05, 0) is 41.0 Å². The van der Waals surface area contributed by atoms with E-state index in [4.69, 9.17) is 14.2 Å². The number of hydrogen-bond acceptors (Lipinski definition) is 4. The summed E-state index contributed by atoms with van der Waals surface area (Å²) in [6.07, 6.45) is 1.77. The molecule has 0 saturated carbocycles. The molecule has 0 saturated heterocycles. The number of carbonyl (C=O) groups is 1. The number of rotatable bonds is 6. The Bertz CT molecular complexity index is 1320. The van der Waals surface area contributed by atoms with Crippen LogP contribution in [0.5, 0.6) is 17.2 Å². The number of methoxy groups -OCH3 is 1. The quantitative estimate of drug-likeness (QED) is 0.323. The number of Topliss-reactive ketones (excluding diaryl/α,β-unsaturated/α-hetero) is 1. The van der Waals surface area contributed by atoms with Crippen molar-refractivity contribution in [2.45, 2.75) is 6.61 Å². The van der Waals surface area contributed by atoms with Gasteiger partial charge in [-0.15, -0.1) is 0 Å². The number of benzene rings is 4. The van der Waals surface area contributed by atoms with Crippen LogP contribution in [-0.4, -0.2) is 12.9 Å². The molecule has 1 aliphatic rings. The summed E-state index contributed by atoms with van der Waals surface area (Å²) in [7, 11) is 1.64. The Morgan fingerprint density at radius 1 is 0.818 bits per heavy atom. The summed E-state index contributed by atoms with van der Waals surface area (Å²) < 4.78 is 17.2. The molecule has 0 atom stereocenters. The highest BCUT2D eigenvalue weighted by atomic mass is 16.5. The maximum Gasteiger partial charge on any atom is 0.231 e. The van der Waals surface area contributed by atoms with Gasteiger partial charge in [0.1, 0.15) is 23.9 Å². The molecule has 0 bridgehead atoms. The van der Waals surface area contributed by atoms with Crippen molar-refractivity contribution in [1.29, 1.82) is 0 Å². The van der Waals surface area contributed by atoms with Gasteiger partial charge in [0.05, 0.1) is 12.7 Å². The molecule has 5 rings (SSSR count). The topological polar surface area (TPSA) is 44.8 Å². The first-order chi connectivity index (χ1) is 16.2. The number of hydrogen-bond donors (Lipinski definition) is 0. The monoisotopic (exact) mass is 434 g/mol. The average molecular weight is 434 g/mol. The van der Waals surface area contributed by atoms with E-state index in [0.29, 0.717) is 29.4 Å². The highest BCUT2D eigenvalue weighted by Gasteiger charge is 2.27. The molecule has 1 aliphatic heterocycles. The van der Waals surface area contributed by atoms with Crippen LogP contribution < -0.4 is 14.2 Å². The summed E-state index contributed by atoms with van der Waals surface area (Å²) in [5.74, 6) is 2.08. The summed E-state index contributed by atoms with van der Waals surface area (Å²) in [6.45, 7) is 0.354. The number of carbonyl (C=O) groups excluding carboxylic acids is 1. The lowest BCUT2D eigenvalue weighted by atomic mass is 10.0. The fraction of sp³-hybridized carbons (Fsp3) is 0.0690. The molecule has 0 N–H and O–H groups in total. The van der Waals surface area contributed by atoms with Crippen molar-refractivity contribution in [3.63, 3.8) is 0 Å². The second-order valence-electron chi connectivity index (χ2n) is 7.69. The molecular formula is C29H22O4. The van der Waals surface area contributed by atoms with Crippen LogP contribution >= 0.6 is 0 Å². The van der Waals surface area contributed by atoms with Crippen molar-refractivity contribution in [3.8, 4) is 28.4 Å². The van der Waals surface area contributed by atoms with Gasteiger partial charge in [-0.25, -0.2) is 0 Å². The molecule has 0 aromatic heterocycles. The van der Waals surface area contributed by atoms with Crippen LogP contribution in [0.1, 0.15) is 21.5 Å². The number of ether oxygens (including phenoxy) is 3. The molecule has 4 aromatic rings. The van der Waals surface area contributed by atoms with E-state index in [9.17, 15) is 4.79 Å². The van der Waals surface area contributed by atoms with Crippen molar-refractivity contribution >= 4 is 11.9 Å². The largest absolute Gasteiger partial charge is 0.496 e. The number of ketones is 1. The molecular weight excluding hydrogens is 412 g/mol. The highest BCUT2D eigenvalue weighted by Crippen LogP contribution is 2.35. The summed E-state index contributed by atoms with van der Waals surface area (Å²) >= 11 is 0. The van der Waals surface area contributed by atoms with Crippen LogP contribution in [0.2, 0.25) is 0 Å². The summed E-state index contributed by atoms with van der Waals surface area (Å²) in [5, 5.41) is 0. The lowest BCUT2D eigenvalue weighted by Crippen LogP contribution is -1.99. The van der Waals surface area contributed by atoms with Crippen molar-refractivity contribution in [2.75, 3.05) is 7.11 Å². The smallest absolute Gasteiger partial charge is 0.231 e. The molecule has 4 nitrogen and oxygen atoms in total. The lowest BCUT2D eigenvalue weighted by Gasteiger charge is -2.10. The van der Waals surface area contributed by atoms with E-state index < -0.39 is 0 Å². The predicted octanol–water partition coefficient (Wildman–Crippen LogP) is 6.56. The van der Waals surface area contributed by atoms with Gasteiger partial charge in [0.2, 0.25) is 5.78 Å². The van der Waals surface area contributed by atoms with Gasteiger partial charge in [-0.3, -0.25) is 4.79 Å². The minimum Gasteiger partial charge on any atom is -0.496 e. The molecule has 0 amide bonds. The fourth-order valence-corrected chi connectivity index (χ4v) is 3.79. The van der Waals surface area contributed by atoms with E-state index in [1.807, 2.05) is 66.7 Å². The summed E-state index contributed by atoms with van der Waals surface area (Å²) in [4.78, 5) is 12.8. The maximum atomic E-state index is 12.8. The minimum atomic E-state index is -0.131. The normalized spacial score (nSPS) is 13.5. The van der Waals surface area contributed by atoms with Gasteiger partial charge in [0, 0.05) is 11.6 Å². The van der Waals surface area contributed by atoms with E-state index in [-0.39, 0.29) is 5.78 Å². The Morgan fingerprint density at radius 2 is 1.55 bits per heavy atom. The molecule has 0 fully saturated rings. The van der Waals surface area contributed by atoms with Gasteiger partial charge >= 0.3 is 0 Å². The van der Waals surface area contributed by atoms with Crippen molar-refractivity contribution < 1.29 is 19.0 Å². The zero-order chi connectivity index (χ0) is 22.6. The summed E-state index contributed by atoms with van der Waals surface area (Å²) in [5.41, 5.74) is 4.65. The Hall–Kier alpha value is -4.31. The van der Waals surface area contributed by atoms with Gasteiger partial charge in [0.15, 0.2) is 5.76 Å². The predicted molar refractivity (Wildman–Crippen MR) is 129 cm³/mol. The average Bonchev–Trinajstić information content (AvgIpc) is 3.18. The number of allylic oxidation sites excluding steroid dienone is 1. The first-order valence-corrected chi connectivity index (χ1v) is 10.7. The van der Waals surface area contributed by atoms with E-state index in [1.165, 1.54) is 0 Å². The molecule has 0 unspecified atom stereocenters. The Labute approximate surface area is 192 Å². The van der Waals surface area contributed by atoms with E-state index in [1.54, 1.807) is 31.4 Å². The fourth-order valence-electron chi connectivity index (χ4n) is 3.79. The van der Waals surface area contributed by atoms with Crippen LogP contribution in [-0.2, 0) is 6.61 Å². The van der Waals surface area contributed by atoms with Gasteiger partial charge < -0.3 is 14.2 Å². The third-order valence-corrected chi connectivity index (χ3v) is 5.54. The second kappa shape index (κ2) is 9.05. The first-order valence-electron chi connectivity index (χ1n) is 10.7. The molecule has 4 heteroatoms. The van der Waals surface area contributed by atoms with Gasteiger partial charge in [-0.1, -0.05) is 72.8 Å². The van der Waals surface area contributed by atoms with Crippen molar-refractivity contribution in [3.05, 3.63) is 120 Å². The molecule has 33 heavy (non-hydrogen) atoms. The zero-order valence-electron chi connectivity index (χ0n) is 18.2. The van der Waals surface area contributed by atoms with E-state index in [0.717, 1.165) is 28.0 Å². The summed E-state index contributed by atoms with van der Waals surface area (Å²) in [6, 6.07) is 31.2. The zero-order valence-corrected chi connectivity index (χ0v) is 18.2. The molecule has 162 valence electrons. The van der Waals surface area contributed by atoms with Crippen LogP contribution in [0.25, 0.3) is 17.2 Å². The SMILES string of the molecule is COc1ccccc1COc1ccc2c(c1)O/C(=C\c1ccc(-c3ccccc3)cc1)C2=O. The van der Waals surface area contributed by atoms with Crippen LogP contribution in [0.4, 0.5) is 0 Å². The molecule has 0 radical (unpaired) electrons. The van der Waals surface area contributed by atoms with Crippen molar-refractivity contribution in [1.82, 2.24) is 0 Å². The van der Waals surface area contributed by atoms with Crippen molar-refractivity contribution in [2.24, 2.45) is 0 Å². The molecule has 0 spiro atoms. The standard InChI is InChI=1S/C29H22O4/c1-31-26-10-6-5-9-23(26)19-32-24-15-16-25-27(18-24)33-28(29(25)30)17-20-11-13-22(14-12-20)21-7-3-2-4-8-21/h2-18H,19H2,1H3/b28-17-. The van der Waals surface area contributed by atoms with Gasteiger partial charge in [-0.2, -0.15) is 0 Å². The van der Waals surface area contributed by atoms with Crippen LogP contribution in [0.15, 0.2) is 103 Å². The second-order valence-corrected chi connectivity index (χ2v) is 7.69. The Kier molecular flexibility index (Phi) is 5.64. The highest BCUT2D eigenvalue weighted by molar-refractivity contribution is 6.14. The third-order valence-electron chi connectivity index (χ3n) is 5.54. The maximum absolute atomic E-state index is 12.8. The van der Waals surface area contributed by atoms with E-state index in [2.05, 4.69) is 12.1 Å². The van der Waals surface area contributed by atoms with Crippen LogP contribution in [0.3, 0.4) is 0 Å². The first kappa shape index (κ1) is 20.6. The molecule has 0 aliphatic carbocycles.